The van der Waals surface area contributed by atoms with Crippen LogP contribution in [0.25, 0.3) is 11.2 Å². The molecule has 4 heterocycles. The molecular weight excluding hydrogens is 443 g/mol. The van der Waals surface area contributed by atoms with Crippen molar-refractivity contribution < 1.29 is 4.79 Å². The van der Waals surface area contributed by atoms with Crippen LogP contribution in [0.2, 0.25) is 10.3 Å². The summed E-state index contributed by atoms with van der Waals surface area (Å²) in [6.45, 7) is 4.43. The largest absolute Gasteiger partial charge is 0.368 e. The first-order chi connectivity index (χ1) is 14.8. The van der Waals surface area contributed by atoms with E-state index >= 15 is 0 Å². The maximum absolute atomic E-state index is 12.6. The molecule has 4 rings (SSSR count). The first-order valence-electron chi connectivity index (χ1n) is 9.25. The van der Waals surface area contributed by atoms with E-state index in [0.717, 1.165) is 5.69 Å². The molecule has 0 aliphatic carbocycles. The highest BCUT2D eigenvalue weighted by molar-refractivity contribution is 6.32. The molecule has 4 N–H and O–H groups in total. The third-order valence-electron chi connectivity index (χ3n) is 4.29. The van der Waals surface area contributed by atoms with Gasteiger partial charge in [-0.1, -0.05) is 23.2 Å². The summed E-state index contributed by atoms with van der Waals surface area (Å²) in [6.07, 6.45) is 1.50. The number of nitrogen functional groups attached to an aromatic ring is 1. The van der Waals surface area contributed by atoms with Crippen LogP contribution in [0.3, 0.4) is 0 Å². The summed E-state index contributed by atoms with van der Waals surface area (Å²) in [5, 5.41) is 10.7. The highest BCUT2D eigenvalue weighted by Gasteiger charge is 2.16. The second-order valence-electron chi connectivity index (χ2n) is 6.64. The zero-order valence-electron chi connectivity index (χ0n) is 16.6. The van der Waals surface area contributed by atoms with Crippen molar-refractivity contribution in [2.75, 3.05) is 16.4 Å². The molecule has 0 unspecified atom stereocenters. The number of aryl methyl sites for hydroxylation is 2. The number of imidazole rings is 1. The lowest BCUT2D eigenvalue weighted by Crippen LogP contribution is -2.20. The minimum absolute atomic E-state index is 0.0168. The molecule has 1 amide bonds. The van der Waals surface area contributed by atoms with E-state index in [1.54, 1.807) is 27.4 Å². The van der Waals surface area contributed by atoms with Gasteiger partial charge in [0.2, 0.25) is 11.9 Å². The van der Waals surface area contributed by atoms with Crippen molar-refractivity contribution in [1.82, 2.24) is 34.3 Å². The van der Waals surface area contributed by atoms with Crippen molar-refractivity contribution in [3.05, 3.63) is 40.5 Å². The van der Waals surface area contributed by atoms with Gasteiger partial charge in [-0.3, -0.25) is 4.79 Å². The normalized spacial score (nSPS) is 11.1. The smallest absolute Gasteiger partial charge is 0.245 e. The summed E-state index contributed by atoms with van der Waals surface area (Å²) >= 11 is 11.9. The number of anilines is 4. The van der Waals surface area contributed by atoms with Gasteiger partial charge in [0, 0.05) is 18.3 Å². The fourth-order valence-electron chi connectivity index (χ4n) is 3.06. The minimum atomic E-state index is -0.256. The Hall–Kier alpha value is -3.44. The van der Waals surface area contributed by atoms with Crippen molar-refractivity contribution in [3.8, 4) is 0 Å². The number of fused-ring (bicyclic) bond motifs is 1. The van der Waals surface area contributed by atoms with Crippen LogP contribution < -0.4 is 16.4 Å². The zero-order valence-corrected chi connectivity index (χ0v) is 18.1. The lowest BCUT2D eigenvalue weighted by molar-refractivity contribution is -0.116. The van der Waals surface area contributed by atoms with Crippen LogP contribution in [-0.2, 0) is 17.9 Å². The molecule has 0 radical (unpaired) electrons. The summed E-state index contributed by atoms with van der Waals surface area (Å²) in [5.74, 6) is 0.730. The van der Waals surface area contributed by atoms with Crippen molar-refractivity contribution in [2.24, 2.45) is 0 Å². The molecule has 0 aromatic carbocycles. The first-order valence-corrected chi connectivity index (χ1v) is 10.0. The average Bonchev–Trinajstić information content (AvgIpc) is 3.23. The number of pyridine rings is 1. The number of hydrogen-bond acceptors (Lipinski definition) is 8. The van der Waals surface area contributed by atoms with Crippen molar-refractivity contribution in [1.29, 1.82) is 0 Å². The van der Waals surface area contributed by atoms with Crippen molar-refractivity contribution >= 4 is 63.5 Å². The number of hydrogen-bond donors (Lipinski definition) is 3. The molecule has 4 aromatic heterocycles. The molecule has 0 saturated heterocycles. The molecule has 0 aliphatic rings. The Morgan fingerprint density at radius 3 is 2.61 bits per heavy atom. The number of amides is 1. The Kier molecular flexibility index (Phi) is 5.61. The quantitative estimate of drug-likeness (QED) is 0.372. The van der Waals surface area contributed by atoms with Gasteiger partial charge >= 0.3 is 0 Å². The van der Waals surface area contributed by atoms with Crippen LogP contribution in [0.15, 0.2) is 24.5 Å². The lowest BCUT2D eigenvalue weighted by atomic mass is 10.4. The summed E-state index contributed by atoms with van der Waals surface area (Å²) in [7, 11) is 0. The molecule has 4 aromatic rings. The van der Waals surface area contributed by atoms with E-state index in [4.69, 9.17) is 28.9 Å². The number of carbonyl (C=O) groups is 1. The monoisotopic (exact) mass is 460 g/mol. The zero-order chi connectivity index (χ0) is 22.1. The van der Waals surface area contributed by atoms with Gasteiger partial charge < -0.3 is 20.9 Å². The molecular formula is C18H18Cl2N10O. The van der Waals surface area contributed by atoms with E-state index in [0.29, 0.717) is 35.0 Å². The molecule has 0 fully saturated rings. The van der Waals surface area contributed by atoms with E-state index in [-0.39, 0.29) is 28.7 Å². The standard InChI is InChI=1S/C18H18Cl2N10O/c1-3-30-13(4-9(2)28-30)25-14(31)7-29-8-22-15-16(26-18(21)27-17(15)29)23-10-5-11(19)24-12(20)6-10/h4-6,8H,3,7H2,1-2H3,(H,25,31)(H3,21,23,24,26,27). The van der Waals surface area contributed by atoms with Gasteiger partial charge in [0.1, 0.15) is 22.7 Å². The Morgan fingerprint density at radius 1 is 1.16 bits per heavy atom. The number of nitrogens with two attached hydrogens (primary N) is 1. The molecule has 0 aliphatic heterocycles. The highest BCUT2D eigenvalue weighted by atomic mass is 35.5. The van der Waals surface area contributed by atoms with Gasteiger partial charge in [-0.2, -0.15) is 15.1 Å². The van der Waals surface area contributed by atoms with E-state index in [9.17, 15) is 4.79 Å². The summed E-state index contributed by atoms with van der Waals surface area (Å²) in [4.78, 5) is 29.3. The highest BCUT2D eigenvalue weighted by Crippen LogP contribution is 2.26. The fourth-order valence-corrected chi connectivity index (χ4v) is 3.52. The van der Waals surface area contributed by atoms with Crippen LogP contribution in [0.1, 0.15) is 12.6 Å². The number of halogens is 2. The SMILES string of the molecule is CCn1nc(C)cc1NC(=O)Cn1cnc2c(Nc3cc(Cl)nc(Cl)c3)nc(N)nc21. The number of rotatable bonds is 6. The van der Waals surface area contributed by atoms with Crippen LogP contribution >= 0.6 is 23.2 Å². The van der Waals surface area contributed by atoms with Crippen molar-refractivity contribution in [3.63, 3.8) is 0 Å². The predicted octanol–water partition coefficient (Wildman–Crippen LogP) is 3.02. The Balaban J connectivity index is 1.60. The van der Waals surface area contributed by atoms with E-state index in [1.807, 2.05) is 13.8 Å². The molecule has 0 saturated carbocycles. The summed E-state index contributed by atoms with van der Waals surface area (Å²) < 4.78 is 3.30. The predicted molar refractivity (Wildman–Crippen MR) is 119 cm³/mol. The number of nitrogens with one attached hydrogen (secondary N) is 2. The first kappa shape index (κ1) is 20.8. The molecule has 0 bridgehead atoms. The van der Waals surface area contributed by atoms with Gasteiger partial charge in [0.15, 0.2) is 17.0 Å². The molecule has 13 heteroatoms. The Bertz CT molecular complexity index is 1260. The van der Waals surface area contributed by atoms with Gasteiger partial charge in [-0.15, -0.1) is 0 Å². The fraction of sp³-hybridized carbons (Fsp3) is 0.222. The van der Waals surface area contributed by atoms with Crippen LogP contribution in [0.4, 0.5) is 23.3 Å². The molecule has 31 heavy (non-hydrogen) atoms. The van der Waals surface area contributed by atoms with Gasteiger partial charge in [0.25, 0.3) is 0 Å². The van der Waals surface area contributed by atoms with Crippen LogP contribution in [-0.4, -0.2) is 40.2 Å². The molecule has 160 valence electrons. The van der Waals surface area contributed by atoms with Gasteiger partial charge in [-0.25, -0.2) is 14.6 Å². The molecule has 0 spiro atoms. The van der Waals surface area contributed by atoms with Crippen LogP contribution in [0.5, 0.6) is 0 Å². The van der Waals surface area contributed by atoms with E-state index in [1.165, 1.54) is 6.33 Å². The van der Waals surface area contributed by atoms with Gasteiger partial charge in [0.05, 0.1) is 12.0 Å². The number of nitrogens with zero attached hydrogens (tertiary/aromatic N) is 7. The Morgan fingerprint density at radius 2 is 1.90 bits per heavy atom. The summed E-state index contributed by atoms with van der Waals surface area (Å²) in [5.41, 5.74) is 8.08. The van der Waals surface area contributed by atoms with E-state index in [2.05, 4.69) is 35.7 Å². The topological polar surface area (TPSA) is 141 Å². The second-order valence-corrected chi connectivity index (χ2v) is 7.41. The van der Waals surface area contributed by atoms with E-state index < -0.39 is 0 Å². The maximum Gasteiger partial charge on any atom is 0.245 e. The third kappa shape index (κ3) is 4.52. The Labute approximate surface area is 186 Å². The third-order valence-corrected chi connectivity index (χ3v) is 4.68. The maximum atomic E-state index is 12.6. The average molecular weight is 461 g/mol. The minimum Gasteiger partial charge on any atom is -0.368 e. The number of aromatic nitrogens is 7. The van der Waals surface area contributed by atoms with Gasteiger partial charge in [-0.05, 0) is 26.0 Å². The number of carbonyl (C=O) groups excluding carboxylic acids is 1. The second kappa shape index (κ2) is 8.36. The lowest BCUT2D eigenvalue weighted by Gasteiger charge is -2.09. The van der Waals surface area contributed by atoms with Crippen molar-refractivity contribution in [2.45, 2.75) is 26.9 Å². The van der Waals surface area contributed by atoms with Crippen LogP contribution in [0, 0.1) is 6.92 Å². The molecule has 0 atom stereocenters. The summed E-state index contributed by atoms with van der Waals surface area (Å²) in [6, 6.07) is 4.97. The molecule has 11 nitrogen and oxygen atoms in total.